The van der Waals surface area contributed by atoms with Crippen molar-refractivity contribution in [1.82, 2.24) is 9.97 Å². The van der Waals surface area contributed by atoms with Crippen LogP contribution in [0, 0.1) is 27.7 Å². The van der Waals surface area contributed by atoms with Crippen LogP contribution in [0.15, 0.2) is 60.7 Å². The maximum atomic E-state index is 5.00. The molecule has 0 aliphatic heterocycles. The zero-order chi connectivity index (χ0) is 19.7. The zero-order valence-corrected chi connectivity index (χ0v) is 17.1. The Kier molecular flexibility index (Phi) is 4.95. The van der Waals surface area contributed by atoms with Crippen molar-refractivity contribution in [3.05, 3.63) is 105 Å². The summed E-state index contributed by atoms with van der Waals surface area (Å²) in [6.07, 6.45) is 1.61. The second-order valence-corrected chi connectivity index (χ2v) is 7.80. The highest BCUT2D eigenvalue weighted by atomic mass is 14.8. The number of fused-ring (bicyclic) bond motifs is 1. The van der Waals surface area contributed by atoms with Gasteiger partial charge in [0.1, 0.15) is 0 Å². The lowest BCUT2D eigenvalue weighted by Crippen LogP contribution is -2.05. The molecule has 0 radical (unpaired) electrons. The van der Waals surface area contributed by atoms with Crippen LogP contribution in [0.5, 0.6) is 0 Å². The molecule has 1 heterocycles. The van der Waals surface area contributed by atoms with E-state index in [1.807, 2.05) is 24.3 Å². The topological polar surface area (TPSA) is 25.8 Å². The summed E-state index contributed by atoms with van der Waals surface area (Å²) in [5.74, 6) is 0. The summed E-state index contributed by atoms with van der Waals surface area (Å²) < 4.78 is 0. The Bertz CT molecular complexity index is 1070. The largest absolute Gasteiger partial charge is 0.249 e. The van der Waals surface area contributed by atoms with Crippen molar-refractivity contribution in [2.24, 2.45) is 0 Å². The van der Waals surface area contributed by atoms with Gasteiger partial charge in [0.15, 0.2) is 0 Å². The van der Waals surface area contributed by atoms with Crippen LogP contribution < -0.4 is 0 Å². The van der Waals surface area contributed by atoms with Crippen molar-refractivity contribution in [2.45, 2.75) is 40.5 Å². The Morgan fingerprint density at radius 1 is 0.536 bits per heavy atom. The minimum atomic E-state index is 0.805. The molecule has 0 saturated carbocycles. The van der Waals surface area contributed by atoms with Gasteiger partial charge in [0, 0.05) is 12.8 Å². The summed E-state index contributed by atoms with van der Waals surface area (Å²) in [6.45, 7) is 8.64. The average Bonchev–Trinajstić information content (AvgIpc) is 2.68. The number of hydrogen-bond acceptors (Lipinski definition) is 2. The fourth-order valence-corrected chi connectivity index (χ4v) is 3.57. The predicted molar refractivity (Wildman–Crippen MR) is 117 cm³/mol. The second kappa shape index (κ2) is 7.55. The molecule has 0 bridgehead atoms. The molecule has 4 aromatic rings. The molecule has 0 spiro atoms. The van der Waals surface area contributed by atoms with Gasteiger partial charge in [0.05, 0.1) is 22.4 Å². The summed E-state index contributed by atoms with van der Waals surface area (Å²) in [7, 11) is 0. The summed E-state index contributed by atoms with van der Waals surface area (Å²) in [6, 6.07) is 21.5. The molecule has 4 rings (SSSR count). The molecule has 0 fully saturated rings. The Balaban J connectivity index is 1.77. The third kappa shape index (κ3) is 3.82. The number of para-hydroxylation sites is 2. The van der Waals surface area contributed by atoms with Crippen molar-refractivity contribution in [3.63, 3.8) is 0 Å². The minimum absolute atomic E-state index is 0.805. The molecular weight excluding hydrogens is 340 g/mol. The van der Waals surface area contributed by atoms with Gasteiger partial charge in [-0.05, 0) is 73.2 Å². The van der Waals surface area contributed by atoms with Crippen LogP contribution in [0.2, 0.25) is 0 Å². The first-order chi connectivity index (χ1) is 13.5. The minimum Gasteiger partial charge on any atom is -0.249 e. The van der Waals surface area contributed by atoms with Gasteiger partial charge in [-0.25, -0.2) is 9.97 Å². The van der Waals surface area contributed by atoms with Crippen molar-refractivity contribution in [1.29, 1.82) is 0 Å². The van der Waals surface area contributed by atoms with Gasteiger partial charge in [-0.1, -0.05) is 48.5 Å². The first-order valence-corrected chi connectivity index (χ1v) is 9.86. The highest BCUT2D eigenvalue weighted by molar-refractivity contribution is 5.74. The standard InChI is InChI=1S/C26H26N2/c1-17-9-11-21(13-19(17)3)15-25-26(16-22-12-10-18(2)20(4)14-22)28-24-8-6-5-7-23(24)27-25/h5-14H,15-16H2,1-4H3. The van der Waals surface area contributed by atoms with Gasteiger partial charge < -0.3 is 0 Å². The molecule has 0 aliphatic carbocycles. The summed E-state index contributed by atoms with van der Waals surface area (Å²) in [5.41, 5.74) is 11.9. The van der Waals surface area contributed by atoms with Gasteiger partial charge in [-0.2, -0.15) is 0 Å². The predicted octanol–water partition coefficient (Wildman–Crippen LogP) is 6.05. The van der Waals surface area contributed by atoms with Crippen molar-refractivity contribution in [2.75, 3.05) is 0 Å². The normalized spacial score (nSPS) is 11.1. The van der Waals surface area contributed by atoms with Gasteiger partial charge >= 0.3 is 0 Å². The first-order valence-electron chi connectivity index (χ1n) is 9.86. The monoisotopic (exact) mass is 366 g/mol. The van der Waals surface area contributed by atoms with E-state index in [0.29, 0.717) is 0 Å². The number of nitrogens with zero attached hydrogens (tertiary/aromatic N) is 2. The fourth-order valence-electron chi connectivity index (χ4n) is 3.57. The number of hydrogen-bond donors (Lipinski definition) is 0. The third-order valence-corrected chi connectivity index (χ3v) is 5.61. The lowest BCUT2D eigenvalue weighted by Gasteiger charge is -2.12. The highest BCUT2D eigenvalue weighted by Crippen LogP contribution is 2.21. The SMILES string of the molecule is Cc1ccc(Cc2nc3ccccc3nc2Cc2ccc(C)c(C)c2)cc1C. The number of aromatic nitrogens is 2. The number of rotatable bonds is 4. The molecular formula is C26H26N2. The molecule has 2 nitrogen and oxygen atoms in total. The van der Waals surface area contributed by atoms with Gasteiger partial charge in [-0.15, -0.1) is 0 Å². The van der Waals surface area contributed by atoms with E-state index in [1.54, 1.807) is 0 Å². The van der Waals surface area contributed by atoms with Crippen LogP contribution in [0.3, 0.4) is 0 Å². The van der Waals surface area contributed by atoms with E-state index in [9.17, 15) is 0 Å². The molecule has 0 N–H and O–H groups in total. The van der Waals surface area contributed by atoms with Crippen LogP contribution in [0.4, 0.5) is 0 Å². The number of aryl methyl sites for hydroxylation is 4. The van der Waals surface area contributed by atoms with E-state index in [4.69, 9.17) is 9.97 Å². The molecule has 1 aromatic heterocycles. The first kappa shape index (κ1) is 18.4. The quantitative estimate of drug-likeness (QED) is 0.440. The molecule has 140 valence electrons. The maximum absolute atomic E-state index is 5.00. The Morgan fingerprint density at radius 2 is 0.964 bits per heavy atom. The number of benzene rings is 3. The summed E-state index contributed by atoms with van der Waals surface area (Å²) in [5, 5.41) is 0. The van der Waals surface area contributed by atoms with Gasteiger partial charge in [0.2, 0.25) is 0 Å². The summed E-state index contributed by atoms with van der Waals surface area (Å²) in [4.78, 5) is 9.99. The Morgan fingerprint density at radius 3 is 1.36 bits per heavy atom. The lowest BCUT2D eigenvalue weighted by molar-refractivity contribution is 0.965. The molecule has 2 heteroatoms. The van der Waals surface area contributed by atoms with E-state index < -0.39 is 0 Å². The van der Waals surface area contributed by atoms with Gasteiger partial charge in [0.25, 0.3) is 0 Å². The average molecular weight is 367 g/mol. The zero-order valence-electron chi connectivity index (χ0n) is 17.1. The van der Waals surface area contributed by atoms with Gasteiger partial charge in [-0.3, -0.25) is 0 Å². The summed E-state index contributed by atoms with van der Waals surface area (Å²) >= 11 is 0. The third-order valence-electron chi connectivity index (χ3n) is 5.61. The van der Waals surface area contributed by atoms with E-state index >= 15 is 0 Å². The molecule has 0 unspecified atom stereocenters. The van der Waals surface area contributed by atoms with Crippen LogP contribution in [-0.4, -0.2) is 9.97 Å². The van der Waals surface area contributed by atoms with Crippen LogP contribution >= 0.6 is 0 Å². The Hall–Kier alpha value is -3.00. The van der Waals surface area contributed by atoms with Crippen molar-refractivity contribution in [3.8, 4) is 0 Å². The van der Waals surface area contributed by atoms with E-state index in [0.717, 1.165) is 35.3 Å². The molecule has 0 amide bonds. The maximum Gasteiger partial charge on any atom is 0.0890 e. The molecule has 28 heavy (non-hydrogen) atoms. The molecule has 0 aliphatic rings. The van der Waals surface area contributed by atoms with Crippen molar-refractivity contribution < 1.29 is 0 Å². The lowest BCUT2D eigenvalue weighted by atomic mass is 9.98. The highest BCUT2D eigenvalue weighted by Gasteiger charge is 2.12. The fraction of sp³-hybridized carbons (Fsp3) is 0.231. The van der Waals surface area contributed by atoms with Crippen LogP contribution in [0.25, 0.3) is 11.0 Å². The van der Waals surface area contributed by atoms with Crippen LogP contribution in [0.1, 0.15) is 44.8 Å². The molecule has 0 saturated heterocycles. The second-order valence-electron chi connectivity index (χ2n) is 7.80. The van der Waals surface area contributed by atoms with E-state index in [1.165, 1.54) is 33.4 Å². The molecule has 3 aromatic carbocycles. The van der Waals surface area contributed by atoms with Crippen LogP contribution in [-0.2, 0) is 12.8 Å². The van der Waals surface area contributed by atoms with Crippen molar-refractivity contribution >= 4 is 11.0 Å². The molecule has 0 atom stereocenters. The Labute approximate surface area is 167 Å². The van der Waals surface area contributed by atoms with E-state index in [-0.39, 0.29) is 0 Å². The van der Waals surface area contributed by atoms with E-state index in [2.05, 4.69) is 64.1 Å². The smallest absolute Gasteiger partial charge is 0.0890 e.